The van der Waals surface area contributed by atoms with E-state index in [-0.39, 0.29) is 6.04 Å². The van der Waals surface area contributed by atoms with Crippen LogP contribution < -0.4 is 5.73 Å². The fourth-order valence-electron chi connectivity index (χ4n) is 0.831. The fraction of sp³-hybridized carbons (Fsp3) is 0.625. The maximum absolute atomic E-state index is 5.72. The maximum atomic E-state index is 5.72. The van der Waals surface area contributed by atoms with Crippen LogP contribution >= 0.6 is 0 Å². The van der Waals surface area contributed by atoms with Crippen molar-refractivity contribution < 1.29 is 4.42 Å². The van der Waals surface area contributed by atoms with Crippen LogP contribution in [0.25, 0.3) is 0 Å². The monoisotopic (exact) mass is 154 g/mol. The van der Waals surface area contributed by atoms with E-state index in [4.69, 9.17) is 10.2 Å². The number of nitrogens with two attached hydrogens (primary N) is 1. The van der Waals surface area contributed by atoms with Crippen molar-refractivity contribution in [3.05, 3.63) is 17.3 Å². The quantitative estimate of drug-likeness (QED) is 0.705. The normalized spacial score (nSPS) is 13.5. The van der Waals surface area contributed by atoms with Gasteiger partial charge in [0.05, 0.1) is 11.7 Å². The molecule has 0 aliphatic carbocycles. The summed E-state index contributed by atoms with van der Waals surface area (Å²) in [5, 5.41) is 0. The summed E-state index contributed by atoms with van der Waals surface area (Å²) in [7, 11) is 0. The molecule has 0 aliphatic heterocycles. The van der Waals surface area contributed by atoms with Gasteiger partial charge in [0.25, 0.3) is 0 Å². The first-order valence-electron chi connectivity index (χ1n) is 3.84. The molecular formula is C8H14N2O. The fourth-order valence-corrected chi connectivity index (χ4v) is 0.831. The second-order valence-electron chi connectivity index (χ2n) is 2.71. The van der Waals surface area contributed by atoms with Gasteiger partial charge in [-0.3, -0.25) is 0 Å². The molecular weight excluding hydrogens is 140 g/mol. The van der Waals surface area contributed by atoms with E-state index in [1.54, 1.807) is 0 Å². The Morgan fingerprint density at radius 3 is 2.55 bits per heavy atom. The zero-order valence-corrected chi connectivity index (χ0v) is 7.22. The molecule has 1 atom stereocenters. The number of hydrogen-bond acceptors (Lipinski definition) is 3. The molecule has 0 saturated carbocycles. The van der Waals surface area contributed by atoms with E-state index in [1.807, 2.05) is 20.8 Å². The van der Waals surface area contributed by atoms with E-state index < -0.39 is 0 Å². The third-order valence-electron chi connectivity index (χ3n) is 1.80. The molecule has 11 heavy (non-hydrogen) atoms. The van der Waals surface area contributed by atoms with E-state index in [0.29, 0.717) is 5.89 Å². The lowest BCUT2D eigenvalue weighted by atomic mass is 10.2. The Hall–Kier alpha value is -0.830. The highest BCUT2D eigenvalue weighted by Crippen LogP contribution is 2.15. The van der Waals surface area contributed by atoms with Gasteiger partial charge in [-0.25, -0.2) is 4.98 Å². The SMILES string of the molecule is CCC(N)c1nc(C)c(C)o1. The van der Waals surface area contributed by atoms with Gasteiger partial charge in [-0.15, -0.1) is 0 Å². The molecule has 0 bridgehead atoms. The number of aromatic nitrogens is 1. The van der Waals surface area contributed by atoms with Crippen molar-refractivity contribution in [2.45, 2.75) is 33.2 Å². The third kappa shape index (κ3) is 1.60. The van der Waals surface area contributed by atoms with E-state index >= 15 is 0 Å². The Morgan fingerprint density at radius 2 is 2.18 bits per heavy atom. The molecule has 0 spiro atoms. The summed E-state index contributed by atoms with van der Waals surface area (Å²) < 4.78 is 5.33. The van der Waals surface area contributed by atoms with Crippen LogP contribution in [0.3, 0.4) is 0 Å². The largest absolute Gasteiger partial charge is 0.444 e. The van der Waals surface area contributed by atoms with Gasteiger partial charge in [0, 0.05) is 0 Å². The highest BCUT2D eigenvalue weighted by atomic mass is 16.4. The third-order valence-corrected chi connectivity index (χ3v) is 1.80. The van der Waals surface area contributed by atoms with Crippen LogP contribution in [0, 0.1) is 13.8 Å². The molecule has 1 aromatic heterocycles. The van der Waals surface area contributed by atoms with Gasteiger partial charge in [-0.05, 0) is 20.3 Å². The molecule has 0 aliphatic rings. The molecule has 0 fully saturated rings. The lowest BCUT2D eigenvalue weighted by molar-refractivity contribution is 0.427. The maximum Gasteiger partial charge on any atom is 0.211 e. The van der Waals surface area contributed by atoms with Crippen LogP contribution in [0.5, 0.6) is 0 Å². The van der Waals surface area contributed by atoms with Crippen LogP contribution in [0.2, 0.25) is 0 Å². The molecule has 0 amide bonds. The van der Waals surface area contributed by atoms with Crippen molar-refractivity contribution in [2.24, 2.45) is 5.73 Å². The van der Waals surface area contributed by atoms with Gasteiger partial charge in [0.2, 0.25) is 5.89 Å². The first-order valence-corrected chi connectivity index (χ1v) is 3.84. The topological polar surface area (TPSA) is 52.0 Å². The Bertz CT molecular complexity index is 223. The molecule has 0 radical (unpaired) electrons. The van der Waals surface area contributed by atoms with Crippen molar-refractivity contribution in [3.63, 3.8) is 0 Å². The number of rotatable bonds is 2. The average molecular weight is 154 g/mol. The molecule has 2 N–H and O–H groups in total. The molecule has 3 heteroatoms. The highest BCUT2D eigenvalue weighted by Gasteiger charge is 2.11. The summed E-state index contributed by atoms with van der Waals surface area (Å²) in [4.78, 5) is 4.19. The van der Waals surface area contributed by atoms with Gasteiger partial charge in [-0.1, -0.05) is 6.92 Å². The average Bonchev–Trinajstić information content (AvgIpc) is 2.31. The van der Waals surface area contributed by atoms with Gasteiger partial charge in [-0.2, -0.15) is 0 Å². The zero-order valence-electron chi connectivity index (χ0n) is 7.22. The molecule has 1 heterocycles. The van der Waals surface area contributed by atoms with E-state index in [2.05, 4.69) is 4.98 Å². The summed E-state index contributed by atoms with van der Waals surface area (Å²) in [5.41, 5.74) is 6.65. The van der Waals surface area contributed by atoms with Crippen LogP contribution in [0.1, 0.15) is 36.7 Å². The molecule has 62 valence electrons. The zero-order chi connectivity index (χ0) is 8.43. The summed E-state index contributed by atoms with van der Waals surface area (Å²) in [6, 6.07) is -0.0533. The minimum Gasteiger partial charge on any atom is -0.444 e. The van der Waals surface area contributed by atoms with Crippen LogP contribution in [-0.4, -0.2) is 4.98 Å². The Balaban J connectivity index is 2.88. The van der Waals surface area contributed by atoms with Crippen molar-refractivity contribution in [3.8, 4) is 0 Å². The number of nitrogens with zero attached hydrogens (tertiary/aromatic N) is 1. The van der Waals surface area contributed by atoms with Gasteiger partial charge in [0.1, 0.15) is 5.76 Å². The molecule has 0 aromatic carbocycles. The summed E-state index contributed by atoms with van der Waals surface area (Å²) in [6.45, 7) is 5.83. The smallest absolute Gasteiger partial charge is 0.211 e. The first kappa shape index (κ1) is 8.27. The second-order valence-corrected chi connectivity index (χ2v) is 2.71. The Kier molecular flexibility index (Phi) is 2.29. The minimum absolute atomic E-state index is 0.0533. The lowest BCUT2D eigenvalue weighted by Gasteiger charge is -2.00. The van der Waals surface area contributed by atoms with E-state index in [1.165, 1.54) is 0 Å². The van der Waals surface area contributed by atoms with Crippen LogP contribution in [0.4, 0.5) is 0 Å². The van der Waals surface area contributed by atoms with Crippen molar-refractivity contribution in [2.75, 3.05) is 0 Å². The molecule has 1 unspecified atom stereocenters. The van der Waals surface area contributed by atoms with Crippen LogP contribution in [-0.2, 0) is 0 Å². The summed E-state index contributed by atoms with van der Waals surface area (Å²) in [5.74, 6) is 1.52. The standard InChI is InChI=1S/C8H14N2O/c1-4-7(9)8-10-5(2)6(3)11-8/h7H,4,9H2,1-3H3. The van der Waals surface area contributed by atoms with Gasteiger partial charge in [0.15, 0.2) is 0 Å². The summed E-state index contributed by atoms with van der Waals surface area (Å²) in [6.07, 6.45) is 0.861. The predicted octanol–water partition coefficient (Wildman–Crippen LogP) is 1.70. The van der Waals surface area contributed by atoms with Crippen molar-refractivity contribution in [1.29, 1.82) is 0 Å². The molecule has 0 saturated heterocycles. The molecule has 3 nitrogen and oxygen atoms in total. The molecule has 1 aromatic rings. The minimum atomic E-state index is -0.0533. The van der Waals surface area contributed by atoms with Crippen molar-refractivity contribution in [1.82, 2.24) is 4.98 Å². The van der Waals surface area contributed by atoms with Gasteiger partial charge >= 0.3 is 0 Å². The second kappa shape index (κ2) is 3.05. The van der Waals surface area contributed by atoms with Crippen LogP contribution in [0.15, 0.2) is 4.42 Å². The lowest BCUT2D eigenvalue weighted by Crippen LogP contribution is -2.08. The van der Waals surface area contributed by atoms with E-state index in [0.717, 1.165) is 17.9 Å². The highest BCUT2D eigenvalue weighted by molar-refractivity contribution is 5.06. The Morgan fingerprint density at radius 1 is 1.55 bits per heavy atom. The number of oxazole rings is 1. The first-order chi connectivity index (χ1) is 5.15. The predicted molar refractivity (Wildman–Crippen MR) is 43.2 cm³/mol. The van der Waals surface area contributed by atoms with E-state index in [9.17, 15) is 0 Å². The van der Waals surface area contributed by atoms with Gasteiger partial charge < -0.3 is 10.2 Å². The van der Waals surface area contributed by atoms with Crippen molar-refractivity contribution >= 4 is 0 Å². The number of aryl methyl sites for hydroxylation is 2. The summed E-state index contributed by atoms with van der Waals surface area (Å²) >= 11 is 0. The number of hydrogen-bond donors (Lipinski definition) is 1. The Labute approximate surface area is 66.6 Å². The molecule has 1 rings (SSSR count).